The smallest absolute Gasteiger partial charge is 0.227 e. The molecule has 2 fully saturated rings. The zero-order chi connectivity index (χ0) is 22.8. The topological polar surface area (TPSA) is 142 Å². The van der Waals surface area contributed by atoms with Gasteiger partial charge in [-0.3, -0.25) is 9.89 Å². The highest BCUT2D eigenvalue weighted by molar-refractivity contribution is 5.78. The van der Waals surface area contributed by atoms with Crippen molar-refractivity contribution in [3.05, 3.63) is 29.8 Å². The van der Waals surface area contributed by atoms with E-state index in [1.807, 2.05) is 13.1 Å². The standard InChI is InChI=1S/C21H29N11O/c1-31(15-7-5-14(6-8-15)20(33)23-12-19-28-30-32(2)29-19)21-22-10-9-17(25-21)24-18-11-16(26-27-18)13-3-4-13/h9-11,13-15H,3-8,12H2,1-2H3,(H,23,33)(H2,22,24,25,26,27). The van der Waals surface area contributed by atoms with Crippen molar-refractivity contribution in [2.24, 2.45) is 13.0 Å². The fourth-order valence-corrected chi connectivity index (χ4v) is 4.32. The third-order valence-corrected chi connectivity index (χ3v) is 6.42. The molecule has 0 radical (unpaired) electrons. The zero-order valence-corrected chi connectivity index (χ0v) is 18.9. The Morgan fingerprint density at radius 1 is 1.21 bits per heavy atom. The molecule has 3 N–H and O–H groups in total. The van der Waals surface area contributed by atoms with Crippen LogP contribution in [0.25, 0.3) is 0 Å². The van der Waals surface area contributed by atoms with E-state index in [2.05, 4.69) is 57.2 Å². The number of H-pyrrole nitrogens is 1. The fraction of sp³-hybridized carbons (Fsp3) is 0.571. The van der Waals surface area contributed by atoms with E-state index in [4.69, 9.17) is 0 Å². The number of anilines is 3. The lowest BCUT2D eigenvalue weighted by Gasteiger charge is -2.34. The van der Waals surface area contributed by atoms with Crippen LogP contribution in [0.15, 0.2) is 18.3 Å². The highest BCUT2D eigenvalue weighted by Crippen LogP contribution is 2.39. The summed E-state index contributed by atoms with van der Waals surface area (Å²) >= 11 is 0. The third-order valence-electron chi connectivity index (χ3n) is 6.42. The molecule has 3 aromatic heterocycles. The van der Waals surface area contributed by atoms with E-state index < -0.39 is 0 Å². The number of rotatable bonds is 8. The van der Waals surface area contributed by atoms with Gasteiger partial charge in [-0.25, -0.2) is 4.98 Å². The van der Waals surface area contributed by atoms with Gasteiger partial charge in [0.05, 0.1) is 13.6 Å². The van der Waals surface area contributed by atoms with E-state index in [1.165, 1.54) is 23.3 Å². The summed E-state index contributed by atoms with van der Waals surface area (Å²) in [6.07, 6.45) is 7.68. The molecule has 0 aliphatic heterocycles. The molecule has 33 heavy (non-hydrogen) atoms. The highest BCUT2D eigenvalue weighted by atomic mass is 16.1. The van der Waals surface area contributed by atoms with Crippen molar-refractivity contribution in [2.75, 3.05) is 17.3 Å². The molecule has 2 aliphatic rings. The van der Waals surface area contributed by atoms with Crippen LogP contribution in [0.1, 0.15) is 56.0 Å². The second-order valence-corrected chi connectivity index (χ2v) is 8.88. The number of aryl methyl sites for hydroxylation is 1. The van der Waals surface area contributed by atoms with Gasteiger partial charge >= 0.3 is 0 Å². The first-order chi connectivity index (χ1) is 16.0. The lowest BCUT2D eigenvalue weighted by Crippen LogP contribution is -2.40. The van der Waals surface area contributed by atoms with Crippen LogP contribution in [-0.4, -0.2) is 59.4 Å². The van der Waals surface area contributed by atoms with E-state index in [1.54, 1.807) is 13.2 Å². The predicted octanol–water partition coefficient (Wildman–Crippen LogP) is 1.66. The number of nitrogens with one attached hydrogen (secondary N) is 3. The molecule has 3 aromatic rings. The van der Waals surface area contributed by atoms with E-state index in [-0.39, 0.29) is 17.9 Å². The number of tetrazole rings is 1. The van der Waals surface area contributed by atoms with Crippen LogP contribution in [0.3, 0.4) is 0 Å². The average Bonchev–Trinajstić information content (AvgIpc) is 3.44. The van der Waals surface area contributed by atoms with E-state index in [0.717, 1.165) is 31.5 Å². The Morgan fingerprint density at radius 2 is 2.03 bits per heavy atom. The van der Waals surface area contributed by atoms with Crippen molar-refractivity contribution >= 4 is 23.5 Å². The largest absolute Gasteiger partial charge is 0.348 e. The normalized spacial score (nSPS) is 20.4. The minimum Gasteiger partial charge on any atom is -0.348 e. The summed E-state index contributed by atoms with van der Waals surface area (Å²) in [6, 6.07) is 4.18. The maximum Gasteiger partial charge on any atom is 0.227 e. The number of aromatic nitrogens is 8. The highest BCUT2D eigenvalue weighted by Gasteiger charge is 2.29. The number of aromatic amines is 1. The van der Waals surface area contributed by atoms with Crippen LogP contribution in [0.4, 0.5) is 17.6 Å². The summed E-state index contributed by atoms with van der Waals surface area (Å²) in [6.45, 7) is 0.304. The molecule has 0 saturated heterocycles. The molecule has 1 amide bonds. The molecular weight excluding hydrogens is 422 g/mol. The Balaban J connectivity index is 1.13. The van der Waals surface area contributed by atoms with Crippen LogP contribution in [0, 0.1) is 5.92 Å². The van der Waals surface area contributed by atoms with Gasteiger partial charge in [-0.05, 0) is 49.8 Å². The molecule has 0 atom stereocenters. The van der Waals surface area contributed by atoms with Gasteiger partial charge in [0.15, 0.2) is 11.6 Å². The molecule has 0 bridgehead atoms. The van der Waals surface area contributed by atoms with Gasteiger partial charge in [0.2, 0.25) is 11.9 Å². The number of nitrogens with zero attached hydrogens (tertiary/aromatic N) is 8. The van der Waals surface area contributed by atoms with E-state index in [0.29, 0.717) is 30.1 Å². The lowest BCUT2D eigenvalue weighted by molar-refractivity contribution is -0.126. The number of carbonyl (C=O) groups is 1. The molecule has 12 heteroatoms. The first-order valence-electron chi connectivity index (χ1n) is 11.4. The van der Waals surface area contributed by atoms with E-state index >= 15 is 0 Å². The van der Waals surface area contributed by atoms with Crippen LogP contribution in [-0.2, 0) is 18.4 Å². The molecule has 0 aromatic carbocycles. The summed E-state index contributed by atoms with van der Waals surface area (Å²) in [5, 5.41) is 25.4. The number of hydrogen-bond acceptors (Lipinski definition) is 9. The van der Waals surface area contributed by atoms with Gasteiger partial charge in [-0.1, -0.05) is 0 Å². The van der Waals surface area contributed by atoms with Crippen molar-refractivity contribution in [1.29, 1.82) is 0 Å². The SMILES string of the molecule is CN(c1nccc(Nc2cc(C3CC3)[nH]n2)n1)C1CCC(C(=O)NCc2nnn(C)n2)CC1. The minimum absolute atomic E-state index is 0.000527. The van der Waals surface area contributed by atoms with Gasteiger partial charge in [-0.2, -0.15) is 14.9 Å². The van der Waals surface area contributed by atoms with Gasteiger partial charge in [0.1, 0.15) is 5.82 Å². The molecule has 0 unspecified atom stereocenters. The lowest BCUT2D eigenvalue weighted by atomic mass is 9.85. The minimum atomic E-state index is 0.000527. The van der Waals surface area contributed by atoms with Crippen molar-refractivity contribution in [2.45, 2.75) is 57.0 Å². The van der Waals surface area contributed by atoms with Gasteiger partial charge in [0.25, 0.3) is 0 Å². The number of hydrogen-bond donors (Lipinski definition) is 3. The van der Waals surface area contributed by atoms with Crippen LogP contribution >= 0.6 is 0 Å². The Bertz CT molecular complexity index is 1100. The second kappa shape index (κ2) is 9.12. The quantitative estimate of drug-likeness (QED) is 0.466. The van der Waals surface area contributed by atoms with Gasteiger partial charge in [0, 0.05) is 42.9 Å². The van der Waals surface area contributed by atoms with Crippen LogP contribution in [0.2, 0.25) is 0 Å². The Kier molecular flexibility index (Phi) is 5.88. The van der Waals surface area contributed by atoms with Crippen molar-refractivity contribution in [3.8, 4) is 0 Å². The maximum atomic E-state index is 12.5. The van der Waals surface area contributed by atoms with E-state index in [9.17, 15) is 4.79 Å². The van der Waals surface area contributed by atoms with Crippen LogP contribution < -0.4 is 15.5 Å². The first-order valence-corrected chi connectivity index (χ1v) is 11.4. The van der Waals surface area contributed by atoms with Gasteiger partial charge < -0.3 is 15.5 Å². The van der Waals surface area contributed by atoms with Gasteiger partial charge in [-0.15, -0.1) is 10.2 Å². The van der Waals surface area contributed by atoms with Crippen molar-refractivity contribution < 1.29 is 4.79 Å². The van der Waals surface area contributed by atoms with Crippen LogP contribution in [0.5, 0.6) is 0 Å². The Morgan fingerprint density at radius 3 is 2.76 bits per heavy atom. The van der Waals surface area contributed by atoms with Crippen molar-refractivity contribution in [1.82, 2.24) is 45.7 Å². The maximum absolute atomic E-state index is 12.5. The summed E-state index contributed by atoms with van der Waals surface area (Å²) < 4.78 is 0. The Labute approximate surface area is 191 Å². The third kappa shape index (κ3) is 5.10. The number of amides is 1. The van der Waals surface area contributed by atoms with Crippen molar-refractivity contribution in [3.63, 3.8) is 0 Å². The summed E-state index contributed by atoms with van der Waals surface area (Å²) in [5.74, 6) is 3.35. The summed E-state index contributed by atoms with van der Waals surface area (Å²) in [4.78, 5) is 25.2. The summed E-state index contributed by atoms with van der Waals surface area (Å²) in [7, 11) is 3.72. The molecule has 2 saturated carbocycles. The molecule has 5 rings (SSSR count). The molecule has 0 spiro atoms. The molecule has 3 heterocycles. The monoisotopic (exact) mass is 451 g/mol. The number of carbonyl (C=O) groups excluding carboxylic acids is 1. The fourth-order valence-electron chi connectivity index (χ4n) is 4.32. The Hall–Kier alpha value is -3.57. The average molecular weight is 452 g/mol. The second-order valence-electron chi connectivity index (χ2n) is 8.88. The molecule has 2 aliphatic carbocycles. The molecule has 174 valence electrons. The molecular formula is C21H29N11O. The molecule has 12 nitrogen and oxygen atoms in total. The zero-order valence-electron chi connectivity index (χ0n) is 18.9. The first kappa shape index (κ1) is 21.3. The summed E-state index contributed by atoms with van der Waals surface area (Å²) in [5.41, 5.74) is 1.18. The predicted molar refractivity (Wildman–Crippen MR) is 121 cm³/mol.